The Morgan fingerprint density at radius 1 is 1.03 bits per heavy atom. The maximum Gasteiger partial charge on any atom is 0.162 e. The summed E-state index contributed by atoms with van der Waals surface area (Å²) in [5.41, 5.74) is 2.85. The van der Waals surface area contributed by atoms with Crippen molar-refractivity contribution in [1.82, 2.24) is 24.8 Å². The Balaban J connectivity index is 1.38. The minimum Gasteiger partial charge on any atom is -0.378 e. The van der Waals surface area contributed by atoms with Gasteiger partial charge < -0.3 is 14.5 Å². The first-order valence-corrected chi connectivity index (χ1v) is 13.8. The number of aromatic nitrogens is 3. The highest BCUT2D eigenvalue weighted by Gasteiger charge is 2.24. The Kier molecular flexibility index (Phi) is 6.79. The Hall–Kier alpha value is -2.36. The molecule has 0 N–H and O–H groups in total. The zero-order valence-corrected chi connectivity index (χ0v) is 22.4. The summed E-state index contributed by atoms with van der Waals surface area (Å²) in [4.78, 5) is 23.4. The number of nitrogens with zero attached hydrogens (tertiary/aromatic N) is 6. The van der Waals surface area contributed by atoms with Crippen LogP contribution in [-0.4, -0.2) is 84.3 Å². The minimum absolute atomic E-state index is 0.676. The van der Waals surface area contributed by atoms with E-state index in [0.29, 0.717) is 11.1 Å². The van der Waals surface area contributed by atoms with Crippen molar-refractivity contribution in [2.45, 2.75) is 25.4 Å². The standard InChI is InChI=1S/C27H31ClN6OS/c1-32(2)19-6-9-33(10-7-19)17-20-16-24-25(36-20)27(34-11-13-35-14-12-34)31-26(30-24)22-5-8-29-23-15-18(28)3-4-21(22)23/h3-5,8,15-16,19H,6-7,9-14,17H2,1-2H3. The molecule has 0 amide bonds. The van der Waals surface area contributed by atoms with E-state index in [4.69, 9.17) is 26.3 Å². The second kappa shape index (κ2) is 10.2. The number of likely N-dealkylation sites (tertiary alicyclic amines) is 1. The highest BCUT2D eigenvalue weighted by molar-refractivity contribution is 7.19. The molecule has 2 fully saturated rings. The molecule has 0 atom stereocenters. The molecule has 0 aliphatic carbocycles. The average Bonchev–Trinajstić information content (AvgIpc) is 3.30. The Bertz CT molecular complexity index is 1380. The molecule has 36 heavy (non-hydrogen) atoms. The van der Waals surface area contributed by atoms with E-state index in [-0.39, 0.29) is 0 Å². The van der Waals surface area contributed by atoms with Crippen molar-refractivity contribution in [2.24, 2.45) is 0 Å². The number of hydrogen-bond donors (Lipinski definition) is 0. The lowest BCUT2D eigenvalue weighted by Crippen LogP contribution is -2.41. The SMILES string of the molecule is CN(C)C1CCN(Cc2cc3nc(-c4ccnc5cc(Cl)ccc45)nc(N4CCOCC4)c3s2)CC1. The lowest BCUT2D eigenvalue weighted by atomic mass is 10.0. The van der Waals surface area contributed by atoms with Crippen LogP contribution < -0.4 is 4.90 Å². The first kappa shape index (κ1) is 24.0. The van der Waals surface area contributed by atoms with Crippen molar-refractivity contribution in [1.29, 1.82) is 0 Å². The van der Waals surface area contributed by atoms with Crippen molar-refractivity contribution in [3.05, 3.63) is 46.4 Å². The molecule has 2 aliphatic rings. The van der Waals surface area contributed by atoms with Crippen LogP contribution in [0, 0.1) is 0 Å². The third-order valence-electron chi connectivity index (χ3n) is 7.33. The van der Waals surface area contributed by atoms with Crippen molar-refractivity contribution in [2.75, 3.05) is 58.4 Å². The molecule has 3 aromatic heterocycles. The molecule has 2 saturated heterocycles. The summed E-state index contributed by atoms with van der Waals surface area (Å²) in [6.07, 6.45) is 4.26. The number of ether oxygens (including phenoxy) is 1. The van der Waals surface area contributed by atoms with Gasteiger partial charge in [-0.05, 0) is 51.2 Å². The number of fused-ring (bicyclic) bond motifs is 2. The molecule has 0 saturated carbocycles. The largest absolute Gasteiger partial charge is 0.378 e. The fourth-order valence-corrected chi connectivity index (χ4v) is 6.60. The maximum absolute atomic E-state index is 6.23. The monoisotopic (exact) mass is 522 g/mol. The number of pyridine rings is 1. The normalized spacial score (nSPS) is 18.1. The van der Waals surface area contributed by atoms with E-state index < -0.39 is 0 Å². The second-order valence-corrected chi connectivity index (χ2v) is 11.5. The van der Waals surface area contributed by atoms with Gasteiger partial charge in [0.2, 0.25) is 0 Å². The van der Waals surface area contributed by atoms with Crippen molar-refractivity contribution >= 4 is 49.9 Å². The summed E-state index contributed by atoms with van der Waals surface area (Å²) in [6, 6.07) is 10.8. The van der Waals surface area contributed by atoms with E-state index in [2.05, 4.69) is 39.8 Å². The van der Waals surface area contributed by atoms with Crippen LogP contribution in [0.15, 0.2) is 36.5 Å². The number of rotatable bonds is 5. The van der Waals surface area contributed by atoms with E-state index in [1.807, 2.05) is 41.8 Å². The van der Waals surface area contributed by atoms with Crippen molar-refractivity contribution in [3.8, 4) is 11.4 Å². The van der Waals surface area contributed by atoms with Gasteiger partial charge in [-0.15, -0.1) is 11.3 Å². The zero-order valence-electron chi connectivity index (χ0n) is 20.8. The molecule has 0 radical (unpaired) electrons. The number of benzene rings is 1. The lowest BCUT2D eigenvalue weighted by molar-refractivity contribution is 0.122. The molecule has 188 valence electrons. The Morgan fingerprint density at radius 3 is 2.61 bits per heavy atom. The lowest BCUT2D eigenvalue weighted by Gasteiger charge is -2.34. The summed E-state index contributed by atoms with van der Waals surface area (Å²) >= 11 is 8.07. The van der Waals surface area contributed by atoms with Crippen molar-refractivity contribution in [3.63, 3.8) is 0 Å². The molecular weight excluding hydrogens is 492 g/mol. The summed E-state index contributed by atoms with van der Waals surface area (Å²) in [5, 5.41) is 1.68. The van der Waals surface area contributed by atoms with Gasteiger partial charge in [-0.2, -0.15) is 0 Å². The molecular formula is C27H31ClN6OS. The van der Waals surface area contributed by atoms with Crippen LogP contribution in [0.25, 0.3) is 32.5 Å². The molecule has 0 spiro atoms. The minimum atomic E-state index is 0.676. The molecule has 0 bridgehead atoms. The van der Waals surface area contributed by atoms with E-state index in [1.54, 1.807) is 0 Å². The van der Waals surface area contributed by atoms with Gasteiger partial charge in [0.1, 0.15) is 0 Å². The predicted octanol–water partition coefficient (Wildman–Crippen LogP) is 4.92. The summed E-state index contributed by atoms with van der Waals surface area (Å²) in [7, 11) is 4.38. The first-order valence-electron chi connectivity index (χ1n) is 12.6. The number of morpholine rings is 1. The highest BCUT2D eigenvalue weighted by Crippen LogP contribution is 2.36. The van der Waals surface area contributed by atoms with Crippen LogP contribution >= 0.6 is 22.9 Å². The van der Waals surface area contributed by atoms with Crippen LogP contribution in [-0.2, 0) is 11.3 Å². The fourth-order valence-electron chi connectivity index (χ4n) is 5.28. The third-order valence-corrected chi connectivity index (χ3v) is 8.67. The third kappa shape index (κ3) is 4.80. The molecule has 5 heterocycles. The molecule has 4 aromatic rings. The van der Waals surface area contributed by atoms with Gasteiger partial charge in [-0.25, -0.2) is 9.97 Å². The Labute approximate surface area is 220 Å². The highest BCUT2D eigenvalue weighted by atomic mass is 35.5. The summed E-state index contributed by atoms with van der Waals surface area (Å²) in [6.45, 7) is 6.35. The summed E-state index contributed by atoms with van der Waals surface area (Å²) in [5.74, 6) is 1.75. The molecule has 2 aliphatic heterocycles. The van der Waals surface area contributed by atoms with Crippen LogP contribution in [0.3, 0.4) is 0 Å². The predicted molar refractivity (Wildman–Crippen MR) is 148 cm³/mol. The quantitative estimate of drug-likeness (QED) is 0.368. The Morgan fingerprint density at radius 2 is 1.83 bits per heavy atom. The van der Waals surface area contributed by atoms with Crippen LogP contribution in [0.4, 0.5) is 5.82 Å². The number of halogens is 1. The smallest absolute Gasteiger partial charge is 0.162 e. The van der Waals surface area contributed by atoms with Crippen LogP contribution in [0.5, 0.6) is 0 Å². The van der Waals surface area contributed by atoms with E-state index >= 15 is 0 Å². The topological polar surface area (TPSA) is 57.6 Å². The van der Waals surface area contributed by atoms with Gasteiger partial charge in [-0.3, -0.25) is 9.88 Å². The van der Waals surface area contributed by atoms with E-state index in [9.17, 15) is 0 Å². The fraction of sp³-hybridized carbons (Fsp3) is 0.444. The summed E-state index contributed by atoms with van der Waals surface area (Å²) < 4.78 is 6.80. The average molecular weight is 523 g/mol. The van der Waals surface area contributed by atoms with Gasteiger partial charge in [-0.1, -0.05) is 17.7 Å². The van der Waals surface area contributed by atoms with Gasteiger partial charge in [0.05, 0.1) is 28.9 Å². The van der Waals surface area contributed by atoms with Crippen molar-refractivity contribution < 1.29 is 4.74 Å². The number of anilines is 1. The maximum atomic E-state index is 6.23. The first-order chi connectivity index (χ1) is 17.5. The van der Waals surface area contributed by atoms with Gasteiger partial charge >= 0.3 is 0 Å². The van der Waals surface area contributed by atoms with E-state index in [0.717, 1.165) is 79.6 Å². The van der Waals surface area contributed by atoms with E-state index in [1.165, 1.54) is 22.4 Å². The zero-order chi connectivity index (χ0) is 24.6. The van der Waals surface area contributed by atoms with Gasteiger partial charge in [0.25, 0.3) is 0 Å². The molecule has 7 nitrogen and oxygen atoms in total. The molecule has 9 heteroatoms. The van der Waals surface area contributed by atoms with Gasteiger partial charge in [0.15, 0.2) is 11.6 Å². The number of piperidine rings is 1. The second-order valence-electron chi connectivity index (χ2n) is 9.89. The molecule has 0 unspecified atom stereocenters. The van der Waals surface area contributed by atoms with Crippen LogP contribution in [0.2, 0.25) is 5.02 Å². The molecule has 6 rings (SSSR count). The number of thiophene rings is 1. The molecule has 1 aromatic carbocycles. The van der Waals surface area contributed by atoms with Crippen LogP contribution in [0.1, 0.15) is 17.7 Å². The number of hydrogen-bond acceptors (Lipinski definition) is 8. The van der Waals surface area contributed by atoms with Gasteiger partial charge in [0, 0.05) is 65.8 Å².